The van der Waals surface area contributed by atoms with E-state index in [2.05, 4.69) is 9.44 Å². The summed E-state index contributed by atoms with van der Waals surface area (Å²) in [6, 6.07) is 6.10. The Morgan fingerprint density at radius 3 is 1.44 bits per heavy atom. The van der Waals surface area contributed by atoms with Gasteiger partial charge in [0.1, 0.15) is 11.6 Å². The second-order valence-corrected chi connectivity index (χ2v) is 16.1. The van der Waals surface area contributed by atoms with Crippen molar-refractivity contribution >= 4 is 43.0 Å². The molecule has 4 fully saturated rings. The van der Waals surface area contributed by atoms with Gasteiger partial charge in [-0.2, -0.15) is 0 Å². The third-order valence-electron chi connectivity index (χ3n) is 10.6. The molecule has 8 nitrogen and oxygen atoms in total. The van der Waals surface area contributed by atoms with Crippen LogP contribution in [0.5, 0.6) is 0 Å². The Hall–Kier alpha value is -1.94. The summed E-state index contributed by atoms with van der Waals surface area (Å²) in [4.78, 5) is 25.6. The van der Waals surface area contributed by atoms with E-state index in [0.717, 1.165) is 12.8 Å². The fraction of sp³-hybridized carbons (Fsp3) is 0.692. The first-order valence-corrected chi connectivity index (χ1v) is 16.0. The molecule has 0 aliphatic heterocycles. The lowest BCUT2D eigenvalue weighted by Gasteiger charge is -2.36. The fourth-order valence-electron chi connectivity index (χ4n) is 7.94. The molecule has 4 saturated carbocycles. The summed E-state index contributed by atoms with van der Waals surface area (Å²) in [6.45, 7) is 7.96. The second-order valence-electron chi connectivity index (χ2n) is 12.6. The molecule has 0 radical (unpaired) electrons. The first-order valence-electron chi connectivity index (χ1n) is 12.7. The Kier molecular flexibility index (Phi) is 5.56. The van der Waals surface area contributed by atoms with Crippen LogP contribution in [-0.4, -0.2) is 39.9 Å². The van der Waals surface area contributed by atoms with Gasteiger partial charge >= 0.3 is 0 Å². The van der Waals surface area contributed by atoms with Crippen LogP contribution in [0.15, 0.2) is 24.3 Å². The van der Waals surface area contributed by atoms with E-state index in [0.29, 0.717) is 25.7 Å². The smallest absolute Gasteiger partial charge is 0.233 e. The van der Waals surface area contributed by atoms with Gasteiger partial charge in [-0.15, -0.1) is 0 Å². The molecule has 5 rings (SSSR count). The highest BCUT2D eigenvalue weighted by molar-refractivity contribution is 7.93. The van der Waals surface area contributed by atoms with E-state index in [4.69, 9.17) is 0 Å². The molecule has 4 atom stereocenters. The van der Waals surface area contributed by atoms with E-state index in [1.165, 1.54) is 6.07 Å². The van der Waals surface area contributed by atoms with Crippen molar-refractivity contribution in [2.24, 2.45) is 33.5 Å². The molecule has 36 heavy (non-hydrogen) atoms. The first kappa shape index (κ1) is 25.7. The van der Waals surface area contributed by atoms with Crippen LogP contribution in [0, 0.1) is 33.5 Å². The maximum atomic E-state index is 13.2. The summed E-state index contributed by atoms with van der Waals surface area (Å²) in [6.07, 6.45) is 3.71. The van der Waals surface area contributed by atoms with Gasteiger partial charge < -0.3 is 0 Å². The van der Waals surface area contributed by atoms with Gasteiger partial charge in [0, 0.05) is 12.8 Å². The van der Waals surface area contributed by atoms with E-state index in [-0.39, 0.29) is 57.1 Å². The number of sulfonamides is 2. The van der Waals surface area contributed by atoms with E-state index in [1.54, 1.807) is 18.2 Å². The van der Waals surface area contributed by atoms with Crippen molar-refractivity contribution in [3.05, 3.63) is 24.3 Å². The molecule has 1 aromatic rings. The van der Waals surface area contributed by atoms with Gasteiger partial charge in [-0.25, -0.2) is 16.8 Å². The Morgan fingerprint density at radius 1 is 0.750 bits per heavy atom. The number of fused-ring (bicyclic) bond motifs is 4. The molecule has 2 N–H and O–H groups in total. The summed E-state index contributed by atoms with van der Waals surface area (Å²) >= 11 is 0. The molecule has 10 heteroatoms. The minimum atomic E-state index is -3.87. The Balaban J connectivity index is 1.32. The number of ketones is 2. The zero-order valence-corrected chi connectivity index (χ0v) is 23.0. The second kappa shape index (κ2) is 7.79. The summed E-state index contributed by atoms with van der Waals surface area (Å²) in [5.41, 5.74) is -2.08. The molecule has 4 bridgehead atoms. The standard InChI is InChI=1S/C26H36N2O6S2/c1-23(2)17-8-10-25(23,21(29)12-17)15-35(31,32)27-19-6-5-7-20(14-19)28-36(33,34)16-26-11-9-18(13-22(26)30)24(26,3)4/h5-7,14,17-18,27-28H,8-13,15-16H2,1-4H3/t17-,18-,25-,26-/m1/s1. The largest absolute Gasteiger partial charge is 0.299 e. The number of Topliss-reactive ketones (excluding diaryl/α,β-unsaturated/α-hetero) is 2. The zero-order valence-electron chi connectivity index (χ0n) is 21.4. The molecule has 4 aliphatic carbocycles. The van der Waals surface area contributed by atoms with Crippen LogP contribution in [0.2, 0.25) is 0 Å². The molecule has 1 aromatic carbocycles. The molecule has 4 aliphatic rings. The third-order valence-corrected chi connectivity index (χ3v) is 13.4. The van der Waals surface area contributed by atoms with Crippen LogP contribution in [0.4, 0.5) is 11.4 Å². The van der Waals surface area contributed by atoms with Crippen LogP contribution < -0.4 is 9.44 Å². The van der Waals surface area contributed by atoms with E-state index < -0.39 is 30.9 Å². The minimum Gasteiger partial charge on any atom is -0.299 e. The van der Waals surface area contributed by atoms with Crippen LogP contribution in [0.1, 0.15) is 66.2 Å². The number of benzene rings is 1. The molecule has 0 aromatic heterocycles. The summed E-state index contributed by atoms with van der Waals surface area (Å²) in [5, 5.41) is 0. The highest BCUT2D eigenvalue weighted by atomic mass is 32.2. The molecule has 0 saturated heterocycles. The summed E-state index contributed by atoms with van der Waals surface area (Å²) < 4.78 is 57.7. The normalized spacial score (nSPS) is 34.3. The van der Waals surface area contributed by atoms with Crippen molar-refractivity contribution in [3.63, 3.8) is 0 Å². The van der Waals surface area contributed by atoms with Crippen molar-refractivity contribution in [1.82, 2.24) is 0 Å². The predicted octanol–water partition coefficient (Wildman–Crippen LogP) is 3.96. The maximum Gasteiger partial charge on any atom is 0.233 e. The van der Waals surface area contributed by atoms with Crippen molar-refractivity contribution < 1.29 is 26.4 Å². The average Bonchev–Trinajstić information content (AvgIpc) is 3.25. The van der Waals surface area contributed by atoms with Gasteiger partial charge in [0.2, 0.25) is 20.0 Å². The molecule has 0 heterocycles. The van der Waals surface area contributed by atoms with Gasteiger partial charge in [-0.05, 0) is 66.5 Å². The van der Waals surface area contributed by atoms with E-state index in [1.807, 2.05) is 27.7 Å². The van der Waals surface area contributed by atoms with E-state index >= 15 is 0 Å². The van der Waals surface area contributed by atoms with Crippen LogP contribution in [0.3, 0.4) is 0 Å². The lowest BCUT2D eigenvalue weighted by Crippen LogP contribution is -2.43. The lowest BCUT2D eigenvalue weighted by atomic mass is 9.70. The zero-order chi connectivity index (χ0) is 26.4. The number of carbonyl (C=O) groups is 2. The summed E-state index contributed by atoms with van der Waals surface area (Å²) in [7, 11) is -7.74. The topological polar surface area (TPSA) is 126 Å². The number of hydrogen-bond acceptors (Lipinski definition) is 6. The van der Waals surface area contributed by atoms with Crippen LogP contribution >= 0.6 is 0 Å². The molecular formula is C26H36N2O6S2. The quantitative estimate of drug-likeness (QED) is 0.518. The highest BCUT2D eigenvalue weighted by Gasteiger charge is 2.66. The Bertz CT molecular complexity index is 1250. The maximum absolute atomic E-state index is 13.2. The van der Waals surface area contributed by atoms with Crippen molar-refractivity contribution in [1.29, 1.82) is 0 Å². The van der Waals surface area contributed by atoms with Crippen molar-refractivity contribution in [2.75, 3.05) is 20.9 Å². The Morgan fingerprint density at radius 2 is 1.14 bits per heavy atom. The van der Waals surface area contributed by atoms with Gasteiger partial charge in [0.25, 0.3) is 0 Å². The van der Waals surface area contributed by atoms with E-state index in [9.17, 15) is 26.4 Å². The molecule has 198 valence electrons. The monoisotopic (exact) mass is 536 g/mol. The number of rotatable bonds is 8. The van der Waals surface area contributed by atoms with Crippen LogP contribution in [0.25, 0.3) is 0 Å². The average molecular weight is 537 g/mol. The number of carbonyl (C=O) groups excluding carboxylic acids is 2. The van der Waals surface area contributed by atoms with Gasteiger partial charge in [-0.1, -0.05) is 33.8 Å². The molecule has 0 amide bonds. The van der Waals surface area contributed by atoms with Gasteiger partial charge in [0.05, 0.1) is 33.7 Å². The minimum absolute atomic E-state index is 0.0218. The number of hydrogen-bond donors (Lipinski definition) is 2. The van der Waals surface area contributed by atoms with Gasteiger partial charge in [-0.3, -0.25) is 19.0 Å². The molecule has 0 unspecified atom stereocenters. The van der Waals surface area contributed by atoms with Gasteiger partial charge in [0.15, 0.2) is 0 Å². The van der Waals surface area contributed by atoms with Crippen LogP contribution in [-0.2, 0) is 29.6 Å². The predicted molar refractivity (Wildman–Crippen MR) is 138 cm³/mol. The van der Waals surface area contributed by atoms with Crippen molar-refractivity contribution in [3.8, 4) is 0 Å². The SMILES string of the molecule is CC1(C)[C@@H]2CC[C@@]1(CS(=O)(=O)Nc1cccc(NS(=O)(=O)C[C@]34CC[C@H](CC3=O)C4(C)C)c1)C(=O)C2. The Labute approximate surface area is 214 Å². The molecular weight excluding hydrogens is 500 g/mol. The lowest BCUT2D eigenvalue weighted by molar-refractivity contribution is -0.128. The first-order chi connectivity index (χ1) is 16.5. The van der Waals surface area contributed by atoms with Crippen molar-refractivity contribution in [2.45, 2.75) is 66.2 Å². The fourth-order valence-corrected chi connectivity index (χ4v) is 11.7. The summed E-state index contributed by atoms with van der Waals surface area (Å²) in [5.74, 6) is -0.0890. The molecule has 0 spiro atoms. The third kappa shape index (κ3) is 3.65. The number of anilines is 2. The number of nitrogens with one attached hydrogen (secondary N) is 2. The highest BCUT2D eigenvalue weighted by Crippen LogP contribution is 2.65.